The van der Waals surface area contributed by atoms with Crippen molar-refractivity contribution >= 4 is 56.4 Å². The van der Waals surface area contributed by atoms with Gasteiger partial charge in [-0.3, -0.25) is 9.59 Å². The third-order valence-corrected chi connectivity index (χ3v) is 12.6. The van der Waals surface area contributed by atoms with E-state index in [4.69, 9.17) is 66.1 Å². The molecule has 0 atom stereocenters. The van der Waals surface area contributed by atoms with Crippen LogP contribution >= 0.6 is 23.2 Å². The van der Waals surface area contributed by atoms with Crippen LogP contribution in [0.3, 0.4) is 0 Å². The van der Waals surface area contributed by atoms with Gasteiger partial charge in [0.15, 0.2) is 11.6 Å². The molecule has 9 aromatic rings. The number of rotatable bonds is 6. The van der Waals surface area contributed by atoms with Crippen LogP contribution < -0.4 is 9.47 Å². The fourth-order valence-electron chi connectivity index (χ4n) is 8.28. The summed E-state index contributed by atoms with van der Waals surface area (Å²) in [5.74, 6) is 1.39. The van der Waals surface area contributed by atoms with Crippen molar-refractivity contribution in [1.82, 2.24) is 19.9 Å². The van der Waals surface area contributed by atoms with Gasteiger partial charge in [-0.2, -0.15) is 10.5 Å². The van der Waals surface area contributed by atoms with Gasteiger partial charge in [0.1, 0.15) is 44.8 Å². The van der Waals surface area contributed by atoms with Gasteiger partial charge in [-0.05, 0) is 78.4 Å². The summed E-state index contributed by atoms with van der Waals surface area (Å²) < 4.78 is 20.6. The molecular formula is C59H44Cl2N6O4. The van der Waals surface area contributed by atoms with E-state index < -0.39 is 32.8 Å². The fourth-order valence-corrected chi connectivity index (χ4v) is 8.65. The number of fused-ring (bicyclic) bond motifs is 6. The minimum absolute atomic E-state index is 0. The molecule has 2 aliphatic rings. The average Bonchev–Trinajstić information content (AvgIpc) is 3.46. The highest BCUT2D eigenvalue weighted by molar-refractivity contribution is 6.59. The summed E-state index contributed by atoms with van der Waals surface area (Å²) in [6.07, 6.45) is 1.96. The maximum atomic E-state index is 11.2. The second-order valence-electron chi connectivity index (χ2n) is 15.9. The van der Waals surface area contributed by atoms with E-state index in [0.717, 1.165) is 91.6 Å². The number of nitrogens with zero attached hydrogens (tertiary/aromatic N) is 6. The summed E-state index contributed by atoms with van der Waals surface area (Å²) in [6.45, 7) is 0. The van der Waals surface area contributed by atoms with Gasteiger partial charge >= 0.3 is 0 Å². The molecule has 0 saturated heterocycles. The van der Waals surface area contributed by atoms with Crippen molar-refractivity contribution in [3.8, 4) is 80.2 Å². The number of carbonyl (C=O) groups excluding carboxylic acids is 2. The molecule has 0 saturated carbocycles. The number of hydrogen-bond donors (Lipinski definition) is 0. The molecule has 348 valence electrons. The van der Waals surface area contributed by atoms with Gasteiger partial charge in [-0.25, -0.2) is 19.9 Å². The van der Waals surface area contributed by atoms with E-state index in [-0.39, 0.29) is 7.43 Å². The highest BCUT2D eigenvalue weighted by Crippen LogP contribution is 2.39. The number of carbonyl (C=O) groups is 2. The first-order chi connectivity index (χ1) is 35.2. The SMILES string of the molecule is C.COc1ccc(-c2nc(-c3ccccc3)nc3c2CCc2ccccc2-3)cc1.COc1ccc(-c2nc(-c3ccccc3)nc3c2ccc2ccccc23)cc1.N#CC1=C(C#N)C(=O)C(Cl)=C(Cl)C1=O.[2H][2H]. The zero-order valence-corrected chi connectivity index (χ0v) is 39.2. The Morgan fingerprint density at radius 1 is 0.507 bits per heavy atom. The predicted molar refractivity (Wildman–Crippen MR) is 283 cm³/mol. The summed E-state index contributed by atoms with van der Waals surface area (Å²) in [5.41, 5.74) is 10.8. The molecular weight excluding hydrogens is 928 g/mol. The van der Waals surface area contributed by atoms with E-state index in [0.29, 0.717) is 0 Å². The lowest BCUT2D eigenvalue weighted by molar-refractivity contribution is -0.115. The molecule has 10 nitrogen and oxygen atoms in total. The van der Waals surface area contributed by atoms with Crippen LogP contribution in [0.15, 0.2) is 191 Å². The molecule has 0 bridgehead atoms. The summed E-state index contributed by atoms with van der Waals surface area (Å²) in [5, 5.41) is 19.4. The molecule has 0 radical (unpaired) electrons. The number of methoxy groups -OCH3 is 2. The van der Waals surface area contributed by atoms with Gasteiger partial charge in [-0.15, -0.1) is 0 Å². The zero-order valence-electron chi connectivity index (χ0n) is 39.7. The molecule has 0 fully saturated rings. The number of nitriles is 2. The Bertz CT molecular complexity index is 3610. The summed E-state index contributed by atoms with van der Waals surface area (Å²) in [4.78, 5) is 42.4. The lowest BCUT2D eigenvalue weighted by atomic mass is 9.86. The minimum atomic E-state index is -0.893. The monoisotopic (exact) mass is 972 g/mol. The third kappa shape index (κ3) is 9.90. The first-order valence-corrected chi connectivity index (χ1v) is 22.7. The zero-order chi connectivity index (χ0) is 50.7. The quantitative estimate of drug-likeness (QED) is 0.116. The van der Waals surface area contributed by atoms with Crippen molar-refractivity contribution in [3.63, 3.8) is 0 Å². The van der Waals surface area contributed by atoms with Gasteiger partial charge in [0.05, 0.1) is 36.8 Å². The van der Waals surface area contributed by atoms with Gasteiger partial charge in [0, 0.05) is 47.1 Å². The molecule has 0 aliphatic heterocycles. The van der Waals surface area contributed by atoms with E-state index in [1.165, 1.54) is 34.2 Å². The third-order valence-electron chi connectivity index (χ3n) is 11.8. The summed E-state index contributed by atoms with van der Waals surface area (Å²) >= 11 is 10.8. The molecule has 71 heavy (non-hydrogen) atoms. The first-order valence-electron chi connectivity index (χ1n) is 23.0. The molecule has 7 aromatic carbocycles. The van der Waals surface area contributed by atoms with Crippen LogP contribution in [0, 0.1) is 22.7 Å². The largest absolute Gasteiger partial charge is 0.497 e. The van der Waals surface area contributed by atoms with Crippen molar-refractivity contribution < 1.29 is 22.0 Å². The van der Waals surface area contributed by atoms with Crippen LogP contribution in [0.4, 0.5) is 0 Å². The Labute approximate surface area is 423 Å². The minimum Gasteiger partial charge on any atom is -0.497 e. The average molecular weight is 974 g/mol. The topological polar surface area (TPSA) is 152 Å². The predicted octanol–water partition coefficient (Wildman–Crippen LogP) is 13.8. The highest BCUT2D eigenvalue weighted by Gasteiger charge is 2.33. The Morgan fingerprint density at radius 3 is 1.55 bits per heavy atom. The highest BCUT2D eigenvalue weighted by atomic mass is 35.5. The summed E-state index contributed by atoms with van der Waals surface area (Å²) in [6, 6.07) is 60.5. The second kappa shape index (κ2) is 21.7. The first kappa shape index (κ1) is 47.3. The van der Waals surface area contributed by atoms with Crippen molar-refractivity contribution in [1.29, 1.82) is 10.5 Å². The standard InChI is InChI=1S/C25H20N2O.C25H18N2O.C8Cl2N2O2.CH4.H2/c2*1-28-20-14-11-18(12-15-20)23-22-16-13-17-7-5-6-10-21(17)24(22)27-25(26-23)19-8-3-2-4-9-19;9-5-6(10)8(14)4(2-12)3(1-11)7(5)13;;/h2-12,14-15H,13,16H2,1H3;2-16H,1H3;;1H4;1H/i;;;;1+1D. The number of ketones is 2. The number of benzene rings is 7. The maximum Gasteiger partial charge on any atom is 0.218 e. The maximum absolute atomic E-state index is 11.2. The summed E-state index contributed by atoms with van der Waals surface area (Å²) in [7, 11) is 3.36. The lowest BCUT2D eigenvalue weighted by Crippen LogP contribution is -2.18. The van der Waals surface area contributed by atoms with Gasteiger partial charge in [-0.1, -0.05) is 146 Å². The van der Waals surface area contributed by atoms with E-state index in [1.807, 2.05) is 84.9 Å². The van der Waals surface area contributed by atoms with Gasteiger partial charge in [0.25, 0.3) is 0 Å². The molecule has 0 amide bonds. The Hall–Kier alpha value is -8.80. The van der Waals surface area contributed by atoms with Crippen molar-refractivity contribution in [2.24, 2.45) is 0 Å². The molecule has 11 rings (SSSR count). The Kier molecular flexibility index (Phi) is 14.4. The smallest absolute Gasteiger partial charge is 0.218 e. The van der Waals surface area contributed by atoms with Crippen molar-refractivity contribution in [3.05, 3.63) is 202 Å². The van der Waals surface area contributed by atoms with Crippen LogP contribution in [0.2, 0.25) is 0 Å². The van der Waals surface area contributed by atoms with Gasteiger partial charge in [0.2, 0.25) is 11.6 Å². The number of allylic oxidation sites excluding steroid dienone is 4. The number of ether oxygens (including phenoxy) is 2. The van der Waals surface area contributed by atoms with Crippen LogP contribution in [0.1, 0.15) is 21.5 Å². The number of halogens is 2. The normalized spacial score (nSPS) is 12.6. The Balaban J connectivity index is 0.000000165. The van der Waals surface area contributed by atoms with Crippen LogP contribution in [-0.4, -0.2) is 45.7 Å². The number of aromatic nitrogens is 4. The molecule has 0 N–H and O–H groups in total. The number of aryl methyl sites for hydroxylation is 1. The molecule has 0 unspecified atom stereocenters. The van der Waals surface area contributed by atoms with Gasteiger partial charge < -0.3 is 9.47 Å². The van der Waals surface area contributed by atoms with Crippen LogP contribution in [-0.2, 0) is 22.4 Å². The number of hydrogen-bond acceptors (Lipinski definition) is 10. The van der Waals surface area contributed by atoms with E-state index in [2.05, 4.69) is 84.9 Å². The van der Waals surface area contributed by atoms with Crippen LogP contribution in [0.25, 0.3) is 78.2 Å². The molecule has 0 spiro atoms. The van der Waals surface area contributed by atoms with Crippen LogP contribution in [0.5, 0.6) is 11.5 Å². The molecule has 2 heterocycles. The molecule has 2 aromatic heterocycles. The van der Waals surface area contributed by atoms with E-state index in [9.17, 15) is 9.59 Å². The molecule has 2 aliphatic carbocycles. The Morgan fingerprint density at radius 2 is 0.986 bits per heavy atom. The molecule has 12 heteroatoms. The van der Waals surface area contributed by atoms with Crippen molar-refractivity contribution in [2.45, 2.75) is 20.3 Å². The fraction of sp³-hybridized carbons (Fsp3) is 0.0847. The van der Waals surface area contributed by atoms with E-state index >= 15 is 0 Å². The second-order valence-corrected chi connectivity index (χ2v) is 16.7. The van der Waals surface area contributed by atoms with Crippen molar-refractivity contribution in [2.75, 3.05) is 14.2 Å². The number of Topliss-reactive ketones (excluding diaryl/α,β-unsaturated/α-hetero) is 2. The van der Waals surface area contributed by atoms with E-state index in [1.54, 1.807) is 14.2 Å². The lowest BCUT2D eigenvalue weighted by Gasteiger charge is -2.22.